The lowest BCUT2D eigenvalue weighted by molar-refractivity contribution is 0.174. The second-order valence-electron chi connectivity index (χ2n) is 4.85. The van der Waals surface area contributed by atoms with Crippen molar-refractivity contribution in [2.24, 2.45) is 0 Å². The van der Waals surface area contributed by atoms with Crippen LogP contribution in [0.5, 0.6) is 11.5 Å². The Kier molecular flexibility index (Phi) is 4.13. The van der Waals surface area contributed by atoms with E-state index in [1.165, 1.54) is 0 Å². The third-order valence-electron chi connectivity index (χ3n) is 3.47. The van der Waals surface area contributed by atoms with Gasteiger partial charge in [-0.3, -0.25) is 0 Å². The Labute approximate surface area is 133 Å². The third-order valence-corrected chi connectivity index (χ3v) is 4.21. The predicted octanol–water partition coefficient (Wildman–Crippen LogP) is 5.29. The topological polar surface area (TPSA) is 30.5 Å². The number of hydrogen-bond donors (Lipinski definition) is 1. The number of halogens is 2. The summed E-state index contributed by atoms with van der Waals surface area (Å²) in [6.45, 7) is 2.40. The van der Waals surface area contributed by atoms with Crippen molar-refractivity contribution in [2.45, 2.75) is 19.4 Å². The molecule has 1 aliphatic heterocycles. The molecule has 1 heterocycles. The second-order valence-corrected chi connectivity index (χ2v) is 5.66. The summed E-state index contributed by atoms with van der Waals surface area (Å²) in [6, 6.07) is 11.7. The number of fused-ring (bicyclic) bond motifs is 1. The number of benzene rings is 2. The summed E-state index contributed by atoms with van der Waals surface area (Å²) in [6.07, 6.45) is 0.923. The normalized spacial score (nSPS) is 14.0. The summed E-state index contributed by atoms with van der Waals surface area (Å²) in [5.41, 5.74) is 2.08. The van der Waals surface area contributed by atoms with Crippen LogP contribution in [-0.4, -0.2) is 6.79 Å². The molecule has 0 spiro atoms. The molecule has 5 heteroatoms. The van der Waals surface area contributed by atoms with E-state index in [2.05, 4.69) is 12.2 Å². The maximum atomic E-state index is 6.10. The van der Waals surface area contributed by atoms with Gasteiger partial charge in [0.05, 0.1) is 16.1 Å². The first kappa shape index (κ1) is 14.4. The van der Waals surface area contributed by atoms with Gasteiger partial charge in [-0.1, -0.05) is 36.2 Å². The molecule has 0 saturated carbocycles. The Morgan fingerprint density at radius 3 is 2.62 bits per heavy atom. The van der Waals surface area contributed by atoms with Crippen LogP contribution in [0.15, 0.2) is 36.4 Å². The highest BCUT2D eigenvalue weighted by Gasteiger charge is 2.15. The van der Waals surface area contributed by atoms with E-state index in [1.54, 1.807) is 0 Å². The molecule has 21 heavy (non-hydrogen) atoms. The van der Waals surface area contributed by atoms with Crippen LogP contribution in [-0.2, 0) is 0 Å². The molecule has 1 N–H and O–H groups in total. The summed E-state index contributed by atoms with van der Waals surface area (Å²) in [4.78, 5) is 0. The van der Waals surface area contributed by atoms with E-state index < -0.39 is 0 Å². The average molecular weight is 324 g/mol. The Bertz CT molecular complexity index is 661. The van der Waals surface area contributed by atoms with Crippen LogP contribution in [0.3, 0.4) is 0 Å². The number of rotatable bonds is 4. The monoisotopic (exact) mass is 323 g/mol. The predicted molar refractivity (Wildman–Crippen MR) is 85.7 cm³/mol. The van der Waals surface area contributed by atoms with Gasteiger partial charge in [0.25, 0.3) is 0 Å². The van der Waals surface area contributed by atoms with Gasteiger partial charge in [-0.25, -0.2) is 0 Å². The van der Waals surface area contributed by atoms with Crippen molar-refractivity contribution in [3.63, 3.8) is 0 Å². The zero-order chi connectivity index (χ0) is 14.8. The van der Waals surface area contributed by atoms with Crippen LogP contribution in [0.2, 0.25) is 10.0 Å². The van der Waals surface area contributed by atoms with Gasteiger partial charge in [-0.2, -0.15) is 0 Å². The Hall–Kier alpha value is -1.58. The molecule has 0 amide bonds. The van der Waals surface area contributed by atoms with Crippen molar-refractivity contribution in [2.75, 3.05) is 12.1 Å². The summed E-state index contributed by atoms with van der Waals surface area (Å²) in [7, 11) is 0. The molecule has 0 radical (unpaired) electrons. The number of nitrogens with one attached hydrogen (secondary N) is 1. The molecule has 0 fully saturated rings. The van der Waals surface area contributed by atoms with Gasteiger partial charge in [0.15, 0.2) is 11.5 Å². The molecule has 3 rings (SSSR count). The van der Waals surface area contributed by atoms with Gasteiger partial charge >= 0.3 is 0 Å². The first-order valence-electron chi connectivity index (χ1n) is 6.78. The smallest absolute Gasteiger partial charge is 0.231 e. The van der Waals surface area contributed by atoms with Crippen LogP contribution in [0, 0.1) is 0 Å². The lowest BCUT2D eigenvalue weighted by Crippen LogP contribution is -2.09. The molecular weight excluding hydrogens is 309 g/mol. The zero-order valence-corrected chi connectivity index (χ0v) is 13.0. The minimum absolute atomic E-state index is 0.153. The maximum absolute atomic E-state index is 6.10. The molecular formula is C16H15Cl2NO2. The first-order valence-corrected chi connectivity index (χ1v) is 7.54. The zero-order valence-electron chi connectivity index (χ0n) is 11.5. The van der Waals surface area contributed by atoms with E-state index >= 15 is 0 Å². The molecule has 0 aromatic heterocycles. The highest BCUT2D eigenvalue weighted by atomic mass is 35.5. The lowest BCUT2D eigenvalue weighted by Gasteiger charge is -2.19. The van der Waals surface area contributed by atoms with E-state index in [0.717, 1.165) is 29.2 Å². The first-order chi connectivity index (χ1) is 10.2. The fourth-order valence-electron chi connectivity index (χ4n) is 2.34. The molecule has 110 valence electrons. The highest BCUT2D eigenvalue weighted by molar-refractivity contribution is 6.42. The van der Waals surface area contributed by atoms with Crippen molar-refractivity contribution in [3.8, 4) is 11.5 Å². The van der Waals surface area contributed by atoms with Crippen LogP contribution in [0.25, 0.3) is 0 Å². The summed E-state index contributed by atoms with van der Waals surface area (Å²) in [5.74, 6) is 1.55. The van der Waals surface area contributed by atoms with E-state index in [9.17, 15) is 0 Å². The van der Waals surface area contributed by atoms with E-state index in [1.807, 2.05) is 36.4 Å². The molecule has 1 atom stereocenters. The van der Waals surface area contributed by atoms with Gasteiger partial charge in [0.2, 0.25) is 6.79 Å². The van der Waals surface area contributed by atoms with E-state index in [0.29, 0.717) is 10.0 Å². The van der Waals surface area contributed by atoms with Crippen LogP contribution >= 0.6 is 23.2 Å². The standard InChI is InChI=1S/C16H15Cl2NO2/c1-2-14(10-3-5-12(17)13(18)7-10)19-11-4-6-15-16(8-11)21-9-20-15/h3-8,14,19H,2,9H2,1H3. The van der Waals surface area contributed by atoms with Crippen LogP contribution in [0.4, 0.5) is 5.69 Å². The van der Waals surface area contributed by atoms with Gasteiger partial charge in [0.1, 0.15) is 0 Å². The molecule has 0 aliphatic carbocycles. The molecule has 2 aromatic carbocycles. The Morgan fingerprint density at radius 1 is 1.05 bits per heavy atom. The molecule has 0 saturated heterocycles. The number of anilines is 1. The van der Waals surface area contributed by atoms with E-state index in [-0.39, 0.29) is 12.8 Å². The Balaban J connectivity index is 1.82. The second kappa shape index (κ2) is 6.04. The SMILES string of the molecule is CCC(Nc1ccc2c(c1)OCO2)c1ccc(Cl)c(Cl)c1. The van der Waals surface area contributed by atoms with Crippen molar-refractivity contribution in [1.82, 2.24) is 0 Å². The van der Waals surface area contributed by atoms with Gasteiger partial charge < -0.3 is 14.8 Å². The average Bonchev–Trinajstić information content (AvgIpc) is 2.95. The fourth-order valence-corrected chi connectivity index (χ4v) is 2.64. The quantitative estimate of drug-likeness (QED) is 0.829. The molecule has 1 unspecified atom stereocenters. The maximum Gasteiger partial charge on any atom is 0.231 e. The molecule has 2 aromatic rings. The molecule has 1 aliphatic rings. The van der Waals surface area contributed by atoms with Crippen molar-refractivity contribution >= 4 is 28.9 Å². The lowest BCUT2D eigenvalue weighted by atomic mass is 10.0. The largest absolute Gasteiger partial charge is 0.454 e. The molecule has 0 bridgehead atoms. The molecule has 3 nitrogen and oxygen atoms in total. The number of hydrogen-bond acceptors (Lipinski definition) is 3. The van der Waals surface area contributed by atoms with Gasteiger partial charge in [-0.15, -0.1) is 0 Å². The minimum Gasteiger partial charge on any atom is -0.454 e. The van der Waals surface area contributed by atoms with Crippen LogP contribution < -0.4 is 14.8 Å². The summed E-state index contributed by atoms with van der Waals surface area (Å²) >= 11 is 12.1. The highest BCUT2D eigenvalue weighted by Crippen LogP contribution is 2.36. The number of ether oxygens (including phenoxy) is 2. The van der Waals surface area contributed by atoms with Gasteiger partial charge in [0, 0.05) is 11.8 Å². The van der Waals surface area contributed by atoms with Crippen molar-refractivity contribution < 1.29 is 9.47 Å². The van der Waals surface area contributed by atoms with E-state index in [4.69, 9.17) is 32.7 Å². The minimum atomic E-state index is 0.153. The fraction of sp³-hybridized carbons (Fsp3) is 0.250. The van der Waals surface area contributed by atoms with Crippen molar-refractivity contribution in [1.29, 1.82) is 0 Å². The summed E-state index contributed by atoms with van der Waals surface area (Å²) < 4.78 is 10.7. The summed E-state index contributed by atoms with van der Waals surface area (Å²) in [5, 5.41) is 4.62. The third kappa shape index (κ3) is 3.04. The van der Waals surface area contributed by atoms with Crippen LogP contribution in [0.1, 0.15) is 24.9 Å². The Morgan fingerprint density at radius 2 is 1.86 bits per heavy atom. The van der Waals surface area contributed by atoms with Gasteiger partial charge in [-0.05, 0) is 36.2 Å². The van der Waals surface area contributed by atoms with Crippen molar-refractivity contribution in [3.05, 3.63) is 52.0 Å².